The van der Waals surface area contributed by atoms with Crippen LogP contribution in [0.4, 0.5) is 0 Å². The molecule has 0 spiro atoms. The Morgan fingerprint density at radius 3 is 2.45 bits per heavy atom. The van der Waals surface area contributed by atoms with Gasteiger partial charge in [-0.2, -0.15) is 0 Å². The summed E-state index contributed by atoms with van der Waals surface area (Å²) in [4.78, 5) is 18.4. The van der Waals surface area contributed by atoms with Crippen LogP contribution >= 0.6 is 7.82 Å². The summed E-state index contributed by atoms with van der Waals surface area (Å²) in [7, 11) is -2.41. The zero-order valence-electron chi connectivity index (χ0n) is 6.73. The van der Waals surface area contributed by atoms with E-state index in [1.54, 1.807) is 0 Å². The average molecular weight is 183 g/mol. The van der Waals surface area contributed by atoms with Crippen LogP contribution in [0.2, 0.25) is 0 Å². The highest BCUT2D eigenvalue weighted by atomic mass is 31.2. The first-order valence-corrected chi connectivity index (χ1v) is 4.87. The van der Waals surface area contributed by atoms with E-state index in [9.17, 15) is 4.57 Å². The second kappa shape index (κ2) is 4.85. The van der Waals surface area contributed by atoms with Crippen molar-refractivity contribution in [3.8, 4) is 0 Å². The topological polar surface area (TPSA) is 70.0 Å². The molecule has 5 nitrogen and oxygen atoms in total. The minimum Gasteiger partial charge on any atom is -0.304 e. The average Bonchev–Trinajstić information content (AvgIpc) is 1.85. The monoisotopic (exact) mass is 183 g/mol. The number of phosphoric acid groups is 1. The van der Waals surface area contributed by atoms with Crippen molar-refractivity contribution in [2.75, 3.05) is 26.7 Å². The van der Waals surface area contributed by atoms with E-state index in [0.29, 0.717) is 6.54 Å². The first-order valence-electron chi connectivity index (χ1n) is 3.34. The molecule has 0 fully saturated rings. The van der Waals surface area contributed by atoms with Gasteiger partial charge in [0.15, 0.2) is 0 Å². The standard InChI is InChI=1S/C5H14NO4P/c1-3-6(2)4-5-10-11(7,8)9/h3-5H2,1-2H3,(H2,7,8,9). The molecule has 0 aromatic carbocycles. The van der Waals surface area contributed by atoms with Crippen molar-refractivity contribution in [3.63, 3.8) is 0 Å². The number of hydrogen-bond acceptors (Lipinski definition) is 3. The normalized spacial score (nSPS) is 12.5. The van der Waals surface area contributed by atoms with E-state index in [1.807, 2.05) is 18.9 Å². The van der Waals surface area contributed by atoms with Crippen molar-refractivity contribution in [2.24, 2.45) is 0 Å². The molecule has 68 valence electrons. The molecule has 0 atom stereocenters. The van der Waals surface area contributed by atoms with Gasteiger partial charge in [-0.1, -0.05) is 6.92 Å². The maximum Gasteiger partial charge on any atom is 0.469 e. The maximum absolute atomic E-state index is 10.2. The SMILES string of the molecule is CCN(C)CCOP(=O)(O)O. The van der Waals surface area contributed by atoms with Gasteiger partial charge in [0.25, 0.3) is 0 Å². The summed E-state index contributed by atoms with van der Waals surface area (Å²) in [5, 5.41) is 0. The van der Waals surface area contributed by atoms with Crippen molar-refractivity contribution in [2.45, 2.75) is 6.92 Å². The fourth-order valence-corrected chi connectivity index (χ4v) is 0.793. The lowest BCUT2D eigenvalue weighted by Gasteiger charge is -2.13. The van der Waals surface area contributed by atoms with Gasteiger partial charge in [0, 0.05) is 6.54 Å². The Kier molecular flexibility index (Phi) is 4.88. The number of nitrogens with zero attached hydrogens (tertiary/aromatic N) is 1. The Labute approximate surface area is 66.2 Å². The van der Waals surface area contributed by atoms with E-state index in [1.165, 1.54) is 0 Å². The molecule has 0 saturated heterocycles. The third-order valence-electron chi connectivity index (χ3n) is 1.27. The molecular formula is C5H14NO4P. The molecule has 0 unspecified atom stereocenters. The zero-order valence-corrected chi connectivity index (χ0v) is 7.62. The van der Waals surface area contributed by atoms with Crippen LogP contribution in [0, 0.1) is 0 Å². The maximum atomic E-state index is 10.2. The molecule has 0 aliphatic heterocycles. The van der Waals surface area contributed by atoms with Gasteiger partial charge >= 0.3 is 7.82 Å². The molecular weight excluding hydrogens is 169 g/mol. The second-order valence-corrected chi connectivity index (χ2v) is 3.46. The molecule has 0 aromatic heterocycles. The summed E-state index contributed by atoms with van der Waals surface area (Å²) < 4.78 is 14.4. The molecule has 0 saturated carbocycles. The van der Waals surface area contributed by atoms with Crippen LogP contribution in [0.25, 0.3) is 0 Å². The molecule has 6 heteroatoms. The summed E-state index contributed by atoms with van der Waals surface area (Å²) in [5.74, 6) is 0. The van der Waals surface area contributed by atoms with Crippen LogP contribution in [0.15, 0.2) is 0 Å². The third-order valence-corrected chi connectivity index (χ3v) is 1.79. The molecule has 11 heavy (non-hydrogen) atoms. The Morgan fingerprint density at radius 1 is 1.55 bits per heavy atom. The van der Waals surface area contributed by atoms with Gasteiger partial charge < -0.3 is 14.7 Å². The highest BCUT2D eigenvalue weighted by Crippen LogP contribution is 2.35. The van der Waals surface area contributed by atoms with Crippen molar-refractivity contribution < 1.29 is 18.9 Å². The lowest BCUT2D eigenvalue weighted by molar-refractivity contribution is 0.174. The van der Waals surface area contributed by atoms with E-state index in [4.69, 9.17) is 9.79 Å². The van der Waals surface area contributed by atoms with Gasteiger partial charge in [-0.25, -0.2) is 4.57 Å². The van der Waals surface area contributed by atoms with E-state index < -0.39 is 7.82 Å². The van der Waals surface area contributed by atoms with Crippen LogP contribution in [0.5, 0.6) is 0 Å². The first-order chi connectivity index (χ1) is 4.95. The molecule has 0 aliphatic carbocycles. The zero-order chi connectivity index (χ0) is 8.91. The molecule has 0 radical (unpaired) electrons. The Balaban J connectivity index is 3.35. The Hall–Kier alpha value is 0.0700. The van der Waals surface area contributed by atoms with Crippen LogP contribution in [0.1, 0.15) is 6.92 Å². The molecule has 0 aromatic rings. The molecule has 0 amide bonds. The van der Waals surface area contributed by atoms with Gasteiger partial charge in [0.2, 0.25) is 0 Å². The van der Waals surface area contributed by atoms with Crippen LogP contribution in [-0.2, 0) is 9.09 Å². The molecule has 0 rings (SSSR count). The predicted octanol–water partition coefficient (Wildman–Crippen LogP) is 0.0474. The quantitative estimate of drug-likeness (QED) is 0.589. The lowest BCUT2D eigenvalue weighted by atomic mass is 10.6. The van der Waals surface area contributed by atoms with E-state index in [2.05, 4.69) is 4.52 Å². The number of rotatable bonds is 5. The number of likely N-dealkylation sites (N-methyl/N-ethyl adjacent to an activating group) is 1. The predicted molar refractivity (Wildman–Crippen MR) is 41.2 cm³/mol. The summed E-state index contributed by atoms with van der Waals surface area (Å²) >= 11 is 0. The van der Waals surface area contributed by atoms with Crippen molar-refractivity contribution in [1.29, 1.82) is 0 Å². The van der Waals surface area contributed by atoms with Crippen molar-refractivity contribution in [1.82, 2.24) is 4.90 Å². The smallest absolute Gasteiger partial charge is 0.304 e. The summed E-state index contributed by atoms with van der Waals surface area (Å²) in [6.45, 7) is 3.39. The first kappa shape index (κ1) is 11.1. The molecule has 0 bridgehead atoms. The highest BCUT2D eigenvalue weighted by Gasteiger charge is 2.12. The third kappa shape index (κ3) is 7.97. The van der Waals surface area contributed by atoms with Crippen LogP contribution < -0.4 is 0 Å². The fraction of sp³-hybridized carbons (Fsp3) is 1.00. The fourth-order valence-electron chi connectivity index (χ4n) is 0.474. The summed E-state index contributed by atoms with van der Waals surface area (Å²) in [6.07, 6.45) is 0. The Bertz CT molecular complexity index is 145. The lowest BCUT2D eigenvalue weighted by Crippen LogP contribution is -2.22. The van der Waals surface area contributed by atoms with E-state index >= 15 is 0 Å². The number of phosphoric ester groups is 1. The van der Waals surface area contributed by atoms with Gasteiger partial charge in [-0.3, -0.25) is 4.52 Å². The number of hydrogen-bond donors (Lipinski definition) is 2. The Morgan fingerprint density at radius 2 is 2.09 bits per heavy atom. The minimum absolute atomic E-state index is 0.0641. The summed E-state index contributed by atoms with van der Waals surface area (Å²) in [5.41, 5.74) is 0. The largest absolute Gasteiger partial charge is 0.469 e. The van der Waals surface area contributed by atoms with Gasteiger partial charge in [0.05, 0.1) is 6.61 Å². The van der Waals surface area contributed by atoms with Crippen molar-refractivity contribution in [3.05, 3.63) is 0 Å². The van der Waals surface area contributed by atoms with Crippen molar-refractivity contribution >= 4 is 7.82 Å². The molecule has 2 N–H and O–H groups in total. The van der Waals surface area contributed by atoms with Gasteiger partial charge in [-0.15, -0.1) is 0 Å². The molecule has 0 aliphatic rings. The minimum atomic E-state index is -4.26. The van der Waals surface area contributed by atoms with Gasteiger partial charge in [-0.05, 0) is 13.6 Å². The van der Waals surface area contributed by atoms with Crippen LogP contribution in [-0.4, -0.2) is 41.4 Å². The highest BCUT2D eigenvalue weighted by molar-refractivity contribution is 7.46. The van der Waals surface area contributed by atoms with Gasteiger partial charge in [0.1, 0.15) is 0 Å². The summed E-state index contributed by atoms with van der Waals surface area (Å²) in [6, 6.07) is 0. The second-order valence-electron chi connectivity index (χ2n) is 2.22. The van der Waals surface area contributed by atoms with E-state index in [0.717, 1.165) is 6.54 Å². The van der Waals surface area contributed by atoms with Crippen LogP contribution in [0.3, 0.4) is 0 Å². The van der Waals surface area contributed by atoms with E-state index in [-0.39, 0.29) is 6.61 Å². The molecule has 0 heterocycles.